The quantitative estimate of drug-likeness (QED) is 0.600. The Morgan fingerprint density at radius 3 is 3.00 bits per heavy atom. The summed E-state index contributed by atoms with van der Waals surface area (Å²) in [5.41, 5.74) is 5.06. The molecule has 0 aromatic carbocycles. The van der Waals surface area contributed by atoms with Crippen LogP contribution >= 0.6 is 0 Å². The SMILES string of the molecule is Cc1cc2c(nc1C)CNC2. The zero-order valence-corrected chi connectivity index (χ0v) is 6.94. The predicted molar refractivity (Wildman–Crippen MR) is 44.3 cm³/mol. The lowest BCUT2D eigenvalue weighted by atomic mass is 10.1. The Bertz CT molecular complexity index is 263. The van der Waals surface area contributed by atoms with E-state index >= 15 is 0 Å². The van der Waals surface area contributed by atoms with Crippen molar-refractivity contribution in [3.63, 3.8) is 0 Å². The fourth-order valence-electron chi connectivity index (χ4n) is 1.43. The number of nitrogens with one attached hydrogen (secondary N) is 1. The molecule has 0 aliphatic carbocycles. The number of aryl methyl sites for hydroxylation is 2. The first-order valence-electron chi connectivity index (χ1n) is 3.94. The molecule has 2 heteroatoms. The van der Waals surface area contributed by atoms with Gasteiger partial charge >= 0.3 is 0 Å². The summed E-state index contributed by atoms with van der Waals surface area (Å²) < 4.78 is 0. The largest absolute Gasteiger partial charge is 0.307 e. The van der Waals surface area contributed by atoms with Crippen LogP contribution < -0.4 is 5.32 Å². The van der Waals surface area contributed by atoms with Gasteiger partial charge in [0.25, 0.3) is 0 Å². The molecular weight excluding hydrogens is 136 g/mol. The summed E-state index contributed by atoms with van der Waals surface area (Å²) >= 11 is 0. The Kier molecular flexibility index (Phi) is 1.43. The number of pyridine rings is 1. The highest BCUT2D eigenvalue weighted by Gasteiger charge is 2.11. The van der Waals surface area contributed by atoms with Gasteiger partial charge in [-0.2, -0.15) is 0 Å². The molecule has 1 N–H and O–H groups in total. The minimum Gasteiger partial charge on any atom is -0.307 e. The van der Waals surface area contributed by atoms with E-state index in [2.05, 4.69) is 30.2 Å². The number of hydrogen-bond donors (Lipinski definition) is 1. The van der Waals surface area contributed by atoms with E-state index in [0.717, 1.165) is 18.8 Å². The van der Waals surface area contributed by atoms with Gasteiger partial charge in [-0.25, -0.2) is 0 Å². The molecule has 0 saturated heterocycles. The zero-order valence-electron chi connectivity index (χ0n) is 6.94. The van der Waals surface area contributed by atoms with Crippen LogP contribution in [-0.4, -0.2) is 4.98 Å². The van der Waals surface area contributed by atoms with Gasteiger partial charge in [0.15, 0.2) is 0 Å². The Labute approximate surface area is 66.7 Å². The van der Waals surface area contributed by atoms with E-state index in [-0.39, 0.29) is 0 Å². The van der Waals surface area contributed by atoms with Gasteiger partial charge in [-0.15, -0.1) is 0 Å². The van der Waals surface area contributed by atoms with E-state index in [1.54, 1.807) is 0 Å². The molecule has 1 aliphatic rings. The van der Waals surface area contributed by atoms with Gasteiger partial charge in [-0.05, 0) is 25.0 Å². The monoisotopic (exact) mass is 148 g/mol. The lowest BCUT2D eigenvalue weighted by Gasteiger charge is -2.01. The smallest absolute Gasteiger partial charge is 0.0590 e. The lowest BCUT2D eigenvalue weighted by Crippen LogP contribution is -2.00. The summed E-state index contributed by atoms with van der Waals surface area (Å²) in [6.07, 6.45) is 0. The third-order valence-electron chi connectivity index (χ3n) is 2.24. The molecular formula is C9H12N2. The first-order valence-corrected chi connectivity index (χ1v) is 3.94. The van der Waals surface area contributed by atoms with Crippen LogP contribution in [0.1, 0.15) is 22.5 Å². The van der Waals surface area contributed by atoms with Gasteiger partial charge in [-0.3, -0.25) is 4.98 Å². The maximum atomic E-state index is 4.49. The van der Waals surface area contributed by atoms with Crippen molar-refractivity contribution in [3.8, 4) is 0 Å². The van der Waals surface area contributed by atoms with E-state index in [9.17, 15) is 0 Å². The summed E-state index contributed by atoms with van der Waals surface area (Å²) in [4.78, 5) is 4.49. The summed E-state index contributed by atoms with van der Waals surface area (Å²) in [5, 5.41) is 3.28. The molecule has 1 aliphatic heterocycles. The first-order chi connectivity index (χ1) is 5.27. The van der Waals surface area contributed by atoms with Crippen molar-refractivity contribution in [2.24, 2.45) is 0 Å². The minimum absolute atomic E-state index is 0.941. The highest BCUT2D eigenvalue weighted by molar-refractivity contribution is 5.31. The molecule has 1 aromatic rings. The average molecular weight is 148 g/mol. The highest BCUT2D eigenvalue weighted by Crippen LogP contribution is 2.16. The summed E-state index contributed by atoms with van der Waals surface area (Å²) in [6, 6.07) is 2.23. The molecule has 58 valence electrons. The van der Waals surface area contributed by atoms with Gasteiger partial charge in [0, 0.05) is 18.8 Å². The van der Waals surface area contributed by atoms with E-state index in [1.165, 1.54) is 16.8 Å². The average Bonchev–Trinajstić information content (AvgIpc) is 2.36. The molecule has 0 fully saturated rings. The second-order valence-electron chi connectivity index (χ2n) is 3.10. The van der Waals surface area contributed by atoms with Crippen molar-refractivity contribution in [2.75, 3.05) is 0 Å². The standard InChI is InChI=1S/C9H12N2/c1-6-3-8-4-10-5-9(8)11-7(6)2/h3,10H,4-5H2,1-2H3. The fourth-order valence-corrected chi connectivity index (χ4v) is 1.43. The highest BCUT2D eigenvalue weighted by atomic mass is 14.9. The maximum absolute atomic E-state index is 4.49. The van der Waals surface area contributed by atoms with E-state index in [0.29, 0.717) is 0 Å². The number of hydrogen-bond acceptors (Lipinski definition) is 2. The third kappa shape index (κ3) is 1.03. The zero-order chi connectivity index (χ0) is 7.84. The fraction of sp³-hybridized carbons (Fsp3) is 0.444. The topological polar surface area (TPSA) is 24.9 Å². The summed E-state index contributed by atoms with van der Waals surface area (Å²) in [6.45, 7) is 6.11. The molecule has 0 saturated carbocycles. The van der Waals surface area contributed by atoms with Crippen molar-refractivity contribution in [1.82, 2.24) is 10.3 Å². The van der Waals surface area contributed by atoms with Crippen molar-refractivity contribution in [3.05, 3.63) is 28.6 Å². The van der Waals surface area contributed by atoms with Gasteiger partial charge in [0.1, 0.15) is 0 Å². The van der Waals surface area contributed by atoms with E-state index in [1.807, 2.05) is 0 Å². The molecule has 0 atom stereocenters. The molecule has 2 rings (SSSR count). The number of fused-ring (bicyclic) bond motifs is 1. The van der Waals surface area contributed by atoms with Gasteiger partial charge < -0.3 is 5.32 Å². The summed E-state index contributed by atoms with van der Waals surface area (Å²) in [7, 11) is 0. The Morgan fingerprint density at radius 2 is 2.18 bits per heavy atom. The van der Waals surface area contributed by atoms with Crippen molar-refractivity contribution < 1.29 is 0 Å². The number of rotatable bonds is 0. The molecule has 0 bridgehead atoms. The molecule has 11 heavy (non-hydrogen) atoms. The normalized spacial score (nSPS) is 15.1. The minimum atomic E-state index is 0.941. The Hall–Kier alpha value is -0.890. The summed E-state index contributed by atoms with van der Waals surface area (Å²) in [5.74, 6) is 0. The van der Waals surface area contributed by atoms with E-state index < -0.39 is 0 Å². The molecule has 1 aromatic heterocycles. The van der Waals surface area contributed by atoms with Crippen LogP contribution in [0.2, 0.25) is 0 Å². The van der Waals surface area contributed by atoms with Crippen molar-refractivity contribution in [1.29, 1.82) is 0 Å². The predicted octanol–water partition coefficient (Wildman–Crippen LogP) is 1.30. The van der Waals surface area contributed by atoms with Gasteiger partial charge in [0.05, 0.1) is 5.69 Å². The molecule has 0 amide bonds. The van der Waals surface area contributed by atoms with Crippen LogP contribution in [0.25, 0.3) is 0 Å². The lowest BCUT2D eigenvalue weighted by molar-refractivity contribution is 0.757. The Balaban J connectivity index is 2.57. The molecule has 0 spiro atoms. The molecule has 0 unspecified atom stereocenters. The second-order valence-corrected chi connectivity index (χ2v) is 3.10. The first kappa shape index (κ1) is 6.80. The van der Waals surface area contributed by atoms with Crippen LogP contribution in [0.15, 0.2) is 6.07 Å². The van der Waals surface area contributed by atoms with Crippen molar-refractivity contribution >= 4 is 0 Å². The van der Waals surface area contributed by atoms with Crippen LogP contribution in [0, 0.1) is 13.8 Å². The van der Waals surface area contributed by atoms with Gasteiger partial charge in [-0.1, -0.05) is 6.07 Å². The van der Waals surface area contributed by atoms with Crippen LogP contribution in [0.4, 0.5) is 0 Å². The second kappa shape index (κ2) is 2.31. The van der Waals surface area contributed by atoms with Crippen LogP contribution in [0.5, 0.6) is 0 Å². The van der Waals surface area contributed by atoms with Gasteiger partial charge in [0.2, 0.25) is 0 Å². The Morgan fingerprint density at radius 1 is 1.36 bits per heavy atom. The number of aromatic nitrogens is 1. The van der Waals surface area contributed by atoms with Crippen LogP contribution in [0.3, 0.4) is 0 Å². The van der Waals surface area contributed by atoms with Crippen LogP contribution in [-0.2, 0) is 13.1 Å². The molecule has 2 nitrogen and oxygen atoms in total. The molecule has 0 radical (unpaired) electrons. The number of nitrogens with zero attached hydrogens (tertiary/aromatic N) is 1. The third-order valence-corrected chi connectivity index (χ3v) is 2.24. The maximum Gasteiger partial charge on any atom is 0.0590 e. The molecule has 2 heterocycles. The van der Waals surface area contributed by atoms with E-state index in [4.69, 9.17) is 0 Å². The van der Waals surface area contributed by atoms with Crippen molar-refractivity contribution in [2.45, 2.75) is 26.9 Å².